The second-order valence-electron chi connectivity index (χ2n) is 5.11. The molecule has 0 aliphatic carbocycles. The molecule has 1 saturated heterocycles. The predicted octanol–water partition coefficient (Wildman–Crippen LogP) is 1.04. The van der Waals surface area contributed by atoms with Crippen LogP contribution >= 0.6 is 0 Å². The Hall–Kier alpha value is -0.940. The summed E-state index contributed by atoms with van der Waals surface area (Å²) in [6.45, 7) is 1.77. The van der Waals surface area contributed by atoms with E-state index in [9.17, 15) is 0 Å². The van der Waals surface area contributed by atoms with E-state index in [1.54, 1.807) is 0 Å². The molecular weight excluding hydrogens is 216 g/mol. The van der Waals surface area contributed by atoms with Gasteiger partial charge < -0.3 is 10.5 Å². The zero-order valence-electron chi connectivity index (χ0n) is 10.1. The van der Waals surface area contributed by atoms with Gasteiger partial charge in [-0.1, -0.05) is 0 Å². The normalized spacial score (nSPS) is 25.8. The molecule has 0 radical (unpaired) electrons. The minimum absolute atomic E-state index is 0.0367. The van der Waals surface area contributed by atoms with Crippen molar-refractivity contribution in [1.29, 1.82) is 0 Å². The molecule has 0 aromatic carbocycles. The monoisotopic (exact) mass is 236 g/mol. The summed E-state index contributed by atoms with van der Waals surface area (Å²) in [6.07, 6.45) is 6.47. The maximum atomic E-state index is 6.03. The first-order chi connectivity index (χ1) is 8.33. The zero-order valence-corrected chi connectivity index (χ0v) is 10.1. The third-order valence-electron chi connectivity index (χ3n) is 3.77. The van der Waals surface area contributed by atoms with E-state index in [0.29, 0.717) is 5.92 Å². The highest BCUT2D eigenvalue weighted by atomic mass is 16.5. The van der Waals surface area contributed by atoms with Gasteiger partial charge in [-0.05, 0) is 31.6 Å². The van der Waals surface area contributed by atoms with Gasteiger partial charge in [-0.25, -0.2) is 9.67 Å². The molecule has 1 atom stereocenters. The highest BCUT2D eigenvalue weighted by Gasteiger charge is 2.22. The molecule has 1 fully saturated rings. The lowest BCUT2D eigenvalue weighted by Gasteiger charge is -2.20. The zero-order chi connectivity index (χ0) is 11.7. The molecule has 0 spiro atoms. The highest BCUT2D eigenvalue weighted by molar-refractivity contribution is 4.98. The number of fused-ring (bicyclic) bond motifs is 1. The summed E-state index contributed by atoms with van der Waals surface area (Å²) in [5, 5.41) is 4.57. The molecule has 1 aromatic heterocycles. The number of hydrogen-bond donors (Lipinski definition) is 1. The van der Waals surface area contributed by atoms with Gasteiger partial charge in [0.2, 0.25) is 0 Å². The van der Waals surface area contributed by atoms with Crippen LogP contribution in [0.15, 0.2) is 0 Å². The molecule has 0 saturated carbocycles. The number of nitrogens with two attached hydrogens (primary N) is 1. The number of rotatable bonds is 2. The van der Waals surface area contributed by atoms with E-state index in [1.165, 1.54) is 0 Å². The Kier molecular flexibility index (Phi) is 3.11. The summed E-state index contributed by atoms with van der Waals surface area (Å²) in [6, 6.07) is 0. The van der Waals surface area contributed by atoms with Crippen molar-refractivity contribution in [1.82, 2.24) is 14.8 Å². The second-order valence-corrected chi connectivity index (χ2v) is 5.11. The SMILES string of the molecule is NC1CCCc2nc(CC3CCOCC3)nn21. The van der Waals surface area contributed by atoms with Crippen LogP contribution < -0.4 is 5.73 Å². The molecular formula is C12H20N4O. The van der Waals surface area contributed by atoms with Crippen LogP contribution in [-0.2, 0) is 17.6 Å². The van der Waals surface area contributed by atoms with Crippen LogP contribution in [0.25, 0.3) is 0 Å². The molecule has 94 valence electrons. The lowest BCUT2D eigenvalue weighted by atomic mass is 9.96. The Balaban J connectivity index is 1.71. The molecule has 17 heavy (non-hydrogen) atoms. The Bertz CT molecular complexity index is 384. The van der Waals surface area contributed by atoms with Gasteiger partial charge in [-0.15, -0.1) is 0 Å². The molecule has 0 bridgehead atoms. The van der Waals surface area contributed by atoms with E-state index < -0.39 is 0 Å². The van der Waals surface area contributed by atoms with Crippen LogP contribution in [-0.4, -0.2) is 28.0 Å². The first-order valence-corrected chi connectivity index (χ1v) is 6.60. The Labute approximate surface area is 101 Å². The Morgan fingerprint density at radius 1 is 1.29 bits per heavy atom. The molecule has 5 nitrogen and oxygen atoms in total. The average Bonchev–Trinajstić information content (AvgIpc) is 2.74. The van der Waals surface area contributed by atoms with Crippen molar-refractivity contribution >= 4 is 0 Å². The van der Waals surface area contributed by atoms with Crippen molar-refractivity contribution in [2.24, 2.45) is 11.7 Å². The molecule has 0 amide bonds. The van der Waals surface area contributed by atoms with Crippen molar-refractivity contribution in [3.05, 3.63) is 11.6 Å². The van der Waals surface area contributed by atoms with Crippen molar-refractivity contribution in [3.63, 3.8) is 0 Å². The van der Waals surface area contributed by atoms with Crippen LogP contribution in [0.1, 0.15) is 43.5 Å². The van der Waals surface area contributed by atoms with E-state index in [0.717, 1.165) is 63.4 Å². The molecule has 5 heteroatoms. The van der Waals surface area contributed by atoms with Crippen LogP contribution in [0.5, 0.6) is 0 Å². The minimum Gasteiger partial charge on any atom is -0.381 e. The molecule has 2 aliphatic heterocycles. The van der Waals surface area contributed by atoms with Gasteiger partial charge >= 0.3 is 0 Å². The third-order valence-corrected chi connectivity index (χ3v) is 3.77. The maximum Gasteiger partial charge on any atom is 0.151 e. The van der Waals surface area contributed by atoms with Crippen LogP contribution in [0.4, 0.5) is 0 Å². The second kappa shape index (κ2) is 4.74. The summed E-state index contributed by atoms with van der Waals surface area (Å²) >= 11 is 0. The molecule has 3 rings (SSSR count). The van der Waals surface area contributed by atoms with Crippen molar-refractivity contribution in [2.75, 3.05) is 13.2 Å². The summed E-state index contributed by atoms with van der Waals surface area (Å²) in [5.74, 6) is 2.74. The number of ether oxygens (including phenoxy) is 1. The number of aryl methyl sites for hydroxylation is 1. The standard InChI is InChI=1S/C12H20N4O/c13-10-2-1-3-12-14-11(15-16(10)12)8-9-4-6-17-7-5-9/h9-10H,1-8,13H2. The van der Waals surface area contributed by atoms with E-state index in [1.807, 2.05) is 4.68 Å². The molecule has 1 aromatic rings. The van der Waals surface area contributed by atoms with Crippen LogP contribution in [0, 0.1) is 5.92 Å². The Morgan fingerprint density at radius 3 is 2.88 bits per heavy atom. The Morgan fingerprint density at radius 2 is 2.12 bits per heavy atom. The fourth-order valence-corrected chi connectivity index (χ4v) is 2.73. The highest BCUT2D eigenvalue weighted by Crippen LogP contribution is 2.22. The summed E-state index contributed by atoms with van der Waals surface area (Å²) in [4.78, 5) is 4.63. The number of aromatic nitrogens is 3. The van der Waals surface area contributed by atoms with Gasteiger partial charge in [0.05, 0.1) is 0 Å². The quantitative estimate of drug-likeness (QED) is 0.833. The predicted molar refractivity (Wildman–Crippen MR) is 63.4 cm³/mol. The lowest BCUT2D eigenvalue weighted by molar-refractivity contribution is 0.0659. The third kappa shape index (κ3) is 2.35. The van der Waals surface area contributed by atoms with Crippen molar-refractivity contribution < 1.29 is 4.74 Å². The van der Waals surface area contributed by atoms with Gasteiger partial charge in [-0.2, -0.15) is 5.10 Å². The van der Waals surface area contributed by atoms with E-state index in [4.69, 9.17) is 10.5 Å². The fraction of sp³-hybridized carbons (Fsp3) is 0.833. The average molecular weight is 236 g/mol. The first kappa shape index (κ1) is 11.2. The molecule has 2 aliphatic rings. The molecule has 3 heterocycles. The van der Waals surface area contributed by atoms with Gasteiger partial charge in [0.15, 0.2) is 5.82 Å². The van der Waals surface area contributed by atoms with Gasteiger partial charge in [0.25, 0.3) is 0 Å². The van der Waals surface area contributed by atoms with E-state index in [-0.39, 0.29) is 6.17 Å². The van der Waals surface area contributed by atoms with Gasteiger partial charge in [0.1, 0.15) is 12.0 Å². The van der Waals surface area contributed by atoms with Crippen molar-refractivity contribution in [2.45, 2.75) is 44.7 Å². The van der Waals surface area contributed by atoms with Crippen LogP contribution in [0.2, 0.25) is 0 Å². The fourth-order valence-electron chi connectivity index (χ4n) is 2.73. The lowest BCUT2D eigenvalue weighted by Crippen LogP contribution is -2.26. The topological polar surface area (TPSA) is 66.0 Å². The van der Waals surface area contributed by atoms with E-state index in [2.05, 4.69) is 10.1 Å². The van der Waals surface area contributed by atoms with Gasteiger partial charge in [-0.3, -0.25) is 0 Å². The maximum absolute atomic E-state index is 6.03. The molecule has 1 unspecified atom stereocenters. The van der Waals surface area contributed by atoms with Crippen LogP contribution in [0.3, 0.4) is 0 Å². The number of nitrogens with zero attached hydrogens (tertiary/aromatic N) is 3. The first-order valence-electron chi connectivity index (χ1n) is 6.60. The number of hydrogen-bond acceptors (Lipinski definition) is 4. The van der Waals surface area contributed by atoms with E-state index >= 15 is 0 Å². The largest absolute Gasteiger partial charge is 0.381 e. The van der Waals surface area contributed by atoms with Gasteiger partial charge in [0, 0.05) is 26.1 Å². The summed E-state index contributed by atoms with van der Waals surface area (Å²) in [7, 11) is 0. The summed E-state index contributed by atoms with van der Waals surface area (Å²) in [5.41, 5.74) is 6.03. The van der Waals surface area contributed by atoms with Crippen molar-refractivity contribution in [3.8, 4) is 0 Å². The smallest absolute Gasteiger partial charge is 0.151 e. The molecule has 2 N–H and O–H groups in total. The summed E-state index contributed by atoms with van der Waals surface area (Å²) < 4.78 is 7.30. The minimum atomic E-state index is 0.0367.